The summed E-state index contributed by atoms with van der Waals surface area (Å²) in [5.41, 5.74) is 0. The summed E-state index contributed by atoms with van der Waals surface area (Å²) in [5.74, 6) is 2.19. The molecular formula is C21H34N4O2. The fourth-order valence-electron chi connectivity index (χ4n) is 4.98. The molecule has 0 radical (unpaired) electrons. The molecule has 2 aliphatic carbocycles. The number of carbonyl (C=O) groups is 1. The topological polar surface area (TPSA) is 62.5 Å². The minimum atomic E-state index is 0.172. The van der Waals surface area contributed by atoms with E-state index >= 15 is 0 Å². The smallest absolute Gasteiger partial charge is 0.229 e. The largest absolute Gasteiger partial charge is 0.339 e. The Morgan fingerprint density at radius 2 is 1.89 bits per heavy atom. The van der Waals surface area contributed by atoms with Crippen molar-refractivity contribution in [2.24, 2.45) is 0 Å². The summed E-state index contributed by atoms with van der Waals surface area (Å²) in [5, 5.41) is 4.14. The van der Waals surface area contributed by atoms with Gasteiger partial charge < -0.3 is 9.42 Å². The highest BCUT2D eigenvalue weighted by Crippen LogP contribution is 2.35. The van der Waals surface area contributed by atoms with Crippen LogP contribution in [0.15, 0.2) is 4.52 Å². The van der Waals surface area contributed by atoms with Gasteiger partial charge in [-0.3, -0.25) is 9.69 Å². The van der Waals surface area contributed by atoms with Gasteiger partial charge in [0.2, 0.25) is 11.8 Å². The standard InChI is InChI=1S/C21H34N4O2/c1-16(26)25(14-12-20-22-21(27-23-20)17-7-6-8-17)19-11-13-24(15-19)18-9-4-2-3-5-10-18/h17-19H,2-15H2,1H3. The van der Waals surface area contributed by atoms with Crippen LogP contribution in [-0.4, -0.2) is 57.6 Å². The number of aromatic nitrogens is 2. The number of likely N-dealkylation sites (tertiary alicyclic amines) is 1. The van der Waals surface area contributed by atoms with Crippen molar-refractivity contribution in [3.05, 3.63) is 11.7 Å². The molecule has 6 heteroatoms. The third-order valence-corrected chi connectivity index (χ3v) is 6.90. The van der Waals surface area contributed by atoms with Crippen LogP contribution in [-0.2, 0) is 11.2 Å². The normalized spacial score (nSPS) is 25.3. The van der Waals surface area contributed by atoms with E-state index < -0.39 is 0 Å². The first kappa shape index (κ1) is 18.9. The van der Waals surface area contributed by atoms with Gasteiger partial charge in [0.05, 0.1) is 0 Å². The molecule has 3 fully saturated rings. The SMILES string of the molecule is CC(=O)N(CCc1noc(C2CCC2)n1)C1CCN(C2CCCCCC2)C1. The predicted molar refractivity (Wildman–Crippen MR) is 103 cm³/mol. The van der Waals surface area contributed by atoms with Crippen LogP contribution in [0.1, 0.15) is 88.8 Å². The maximum atomic E-state index is 12.3. The monoisotopic (exact) mass is 374 g/mol. The molecule has 3 aliphatic rings. The van der Waals surface area contributed by atoms with Crippen LogP contribution in [0.3, 0.4) is 0 Å². The Morgan fingerprint density at radius 1 is 1.11 bits per heavy atom. The Morgan fingerprint density at radius 3 is 2.56 bits per heavy atom. The second kappa shape index (κ2) is 8.72. The minimum Gasteiger partial charge on any atom is -0.339 e. The van der Waals surface area contributed by atoms with E-state index in [0.717, 1.165) is 37.3 Å². The van der Waals surface area contributed by atoms with E-state index in [9.17, 15) is 4.79 Å². The molecule has 2 heterocycles. The Labute approximate surface area is 162 Å². The highest BCUT2D eigenvalue weighted by Gasteiger charge is 2.33. The molecule has 27 heavy (non-hydrogen) atoms. The Kier molecular flexibility index (Phi) is 6.11. The van der Waals surface area contributed by atoms with Crippen LogP contribution in [0, 0.1) is 0 Å². The first-order chi connectivity index (χ1) is 13.2. The molecule has 1 aliphatic heterocycles. The number of hydrogen-bond donors (Lipinski definition) is 0. The highest BCUT2D eigenvalue weighted by atomic mass is 16.5. The van der Waals surface area contributed by atoms with Crippen LogP contribution in [0.5, 0.6) is 0 Å². The van der Waals surface area contributed by atoms with Gasteiger partial charge in [-0.15, -0.1) is 0 Å². The number of nitrogens with zero attached hydrogens (tertiary/aromatic N) is 4. The number of hydrogen-bond acceptors (Lipinski definition) is 5. The van der Waals surface area contributed by atoms with Crippen molar-refractivity contribution in [1.29, 1.82) is 0 Å². The highest BCUT2D eigenvalue weighted by molar-refractivity contribution is 5.73. The van der Waals surface area contributed by atoms with Crippen molar-refractivity contribution >= 4 is 5.91 Å². The Bertz CT molecular complexity index is 619. The first-order valence-electron chi connectivity index (χ1n) is 11.0. The van der Waals surface area contributed by atoms with Crippen molar-refractivity contribution in [2.75, 3.05) is 19.6 Å². The van der Waals surface area contributed by atoms with Gasteiger partial charge in [-0.05, 0) is 32.1 Å². The maximum Gasteiger partial charge on any atom is 0.229 e. The molecular weight excluding hydrogens is 340 g/mol. The van der Waals surface area contributed by atoms with Crippen molar-refractivity contribution in [1.82, 2.24) is 19.9 Å². The average molecular weight is 375 g/mol. The zero-order valence-corrected chi connectivity index (χ0v) is 16.7. The molecule has 4 rings (SSSR count). The maximum absolute atomic E-state index is 12.3. The fourth-order valence-corrected chi connectivity index (χ4v) is 4.98. The molecule has 6 nitrogen and oxygen atoms in total. The van der Waals surface area contributed by atoms with Gasteiger partial charge in [0.1, 0.15) is 0 Å². The van der Waals surface area contributed by atoms with E-state index in [0.29, 0.717) is 24.9 Å². The van der Waals surface area contributed by atoms with Gasteiger partial charge >= 0.3 is 0 Å². The lowest BCUT2D eigenvalue weighted by Gasteiger charge is -2.30. The molecule has 1 unspecified atom stereocenters. The summed E-state index contributed by atoms with van der Waals surface area (Å²) in [6, 6.07) is 1.07. The summed E-state index contributed by atoms with van der Waals surface area (Å²) >= 11 is 0. The Balaban J connectivity index is 1.31. The third kappa shape index (κ3) is 4.53. The van der Waals surface area contributed by atoms with E-state index in [-0.39, 0.29) is 5.91 Å². The van der Waals surface area contributed by atoms with Crippen LogP contribution in [0.25, 0.3) is 0 Å². The molecule has 2 saturated carbocycles. The van der Waals surface area contributed by atoms with Gasteiger partial charge in [-0.25, -0.2) is 0 Å². The zero-order chi connectivity index (χ0) is 18.6. The van der Waals surface area contributed by atoms with Crippen LogP contribution >= 0.6 is 0 Å². The van der Waals surface area contributed by atoms with Crippen LogP contribution in [0.4, 0.5) is 0 Å². The number of amides is 1. The molecule has 0 bridgehead atoms. The lowest BCUT2D eigenvalue weighted by molar-refractivity contribution is -0.130. The van der Waals surface area contributed by atoms with Crippen molar-refractivity contribution in [3.8, 4) is 0 Å². The van der Waals surface area contributed by atoms with E-state index in [2.05, 4.69) is 19.9 Å². The minimum absolute atomic E-state index is 0.172. The molecule has 0 N–H and O–H groups in total. The lowest BCUT2D eigenvalue weighted by Crippen LogP contribution is -2.43. The summed E-state index contributed by atoms with van der Waals surface area (Å²) in [7, 11) is 0. The Hall–Kier alpha value is -1.43. The van der Waals surface area contributed by atoms with Crippen molar-refractivity contribution in [3.63, 3.8) is 0 Å². The van der Waals surface area contributed by atoms with Crippen molar-refractivity contribution in [2.45, 2.75) is 95.6 Å². The summed E-state index contributed by atoms with van der Waals surface area (Å²) in [6.07, 6.45) is 13.6. The second-order valence-corrected chi connectivity index (χ2v) is 8.72. The predicted octanol–water partition coefficient (Wildman–Crippen LogP) is 3.53. The molecule has 1 atom stereocenters. The first-order valence-corrected chi connectivity index (χ1v) is 11.0. The molecule has 0 spiro atoms. The van der Waals surface area contributed by atoms with Gasteiger partial charge in [0.15, 0.2) is 5.82 Å². The molecule has 1 aromatic heterocycles. The van der Waals surface area contributed by atoms with E-state index in [1.807, 2.05) is 0 Å². The lowest BCUT2D eigenvalue weighted by atomic mass is 9.85. The van der Waals surface area contributed by atoms with Crippen molar-refractivity contribution < 1.29 is 9.32 Å². The van der Waals surface area contributed by atoms with E-state index in [1.165, 1.54) is 57.8 Å². The summed E-state index contributed by atoms with van der Waals surface area (Å²) < 4.78 is 5.42. The van der Waals surface area contributed by atoms with E-state index in [4.69, 9.17) is 4.52 Å². The van der Waals surface area contributed by atoms with Crippen LogP contribution in [0.2, 0.25) is 0 Å². The van der Waals surface area contributed by atoms with E-state index in [1.54, 1.807) is 6.92 Å². The summed E-state index contributed by atoms with van der Waals surface area (Å²) in [6.45, 7) is 4.56. The molecule has 1 amide bonds. The quantitative estimate of drug-likeness (QED) is 0.713. The second-order valence-electron chi connectivity index (χ2n) is 8.72. The number of carbonyl (C=O) groups excluding carboxylic acids is 1. The fraction of sp³-hybridized carbons (Fsp3) is 0.857. The molecule has 1 aromatic rings. The van der Waals surface area contributed by atoms with Gasteiger partial charge in [0.25, 0.3) is 0 Å². The third-order valence-electron chi connectivity index (χ3n) is 6.90. The zero-order valence-electron chi connectivity index (χ0n) is 16.7. The number of rotatable bonds is 6. The molecule has 1 saturated heterocycles. The molecule has 150 valence electrons. The molecule has 0 aromatic carbocycles. The summed E-state index contributed by atoms with van der Waals surface area (Å²) in [4.78, 5) is 21.6. The van der Waals surface area contributed by atoms with Gasteiger partial charge in [-0.2, -0.15) is 4.98 Å². The van der Waals surface area contributed by atoms with Gasteiger partial charge in [-0.1, -0.05) is 37.3 Å². The van der Waals surface area contributed by atoms with Crippen LogP contribution < -0.4 is 0 Å². The van der Waals surface area contributed by atoms with Gasteiger partial charge in [0, 0.05) is 51.0 Å². The average Bonchev–Trinajstić information content (AvgIpc) is 3.17.